The lowest BCUT2D eigenvalue weighted by atomic mass is 9.88. The van der Waals surface area contributed by atoms with E-state index < -0.39 is 5.82 Å². The minimum atomic E-state index is -0.427. The van der Waals surface area contributed by atoms with E-state index in [-0.39, 0.29) is 11.8 Å². The Morgan fingerprint density at radius 2 is 2.00 bits per heavy atom. The van der Waals surface area contributed by atoms with Crippen LogP contribution in [0, 0.1) is 18.7 Å². The first-order chi connectivity index (χ1) is 19.5. The molecule has 1 aliphatic rings. The van der Waals surface area contributed by atoms with Crippen molar-refractivity contribution in [3.8, 4) is 28.3 Å². The van der Waals surface area contributed by atoms with Crippen LogP contribution in [0.5, 0.6) is 0 Å². The van der Waals surface area contributed by atoms with Gasteiger partial charge in [-0.05, 0) is 38.0 Å². The van der Waals surface area contributed by atoms with Gasteiger partial charge in [0.05, 0.1) is 35.1 Å². The van der Waals surface area contributed by atoms with Gasteiger partial charge in [-0.1, -0.05) is 19.3 Å². The highest BCUT2D eigenvalue weighted by molar-refractivity contribution is 5.97. The number of hydrogen-bond donors (Lipinski definition) is 3. The summed E-state index contributed by atoms with van der Waals surface area (Å²) in [5.74, 6) is 0.0810. The molecule has 1 fully saturated rings. The van der Waals surface area contributed by atoms with Gasteiger partial charge in [-0.25, -0.2) is 19.3 Å². The first-order valence-electron chi connectivity index (χ1n) is 13.3. The van der Waals surface area contributed by atoms with E-state index in [9.17, 15) is 4.79 Å². The standard InChI is InChI=1S/C29H26FN9O/c1-16-14-39(15-33-16)24-7-8-32-27-26(24)35-28(36-27)25-21-10-20(22(30)11-23(21)37-38-25)18-9-19(13-31-12-18)34-29(40)17-5-3-2-4-6-17/h7-15,17H,2-6H2,1H3,(H,34,40)(H,37,38)(H,32,35,36). The summed E-state index contributed by atoms with van der Waals surface area (Å²) in [6.07, 6.45) is 13.6. The molecule has 0 atom stereocenters. The molecule has 7 rings (SSSR count). The maximum absolute atomic E-state index is 15.3. The van der Waals surface area contributed by atoms with Crippen LogP contribution >= 0.6 is 0 Å². The molecule has 40 heavy (non-hydrogen) atoms. The second-order valence-corrected chi connectivity index (χ2v) is 10.3. The normalized spacial score (nSPS) is 14.2. The van der Waals surface area contributed by atoms with E-state index in [1.807, 2.05) is 23.8 Å². The van der Waals surface area contributed by atoms with E-state index >= 15 is 4.39 Å². The largest absolute Gasteiger partial charge is 0.333 e. The monoisotopic (exact) mass is 535 g/mol. The van der Waals surface area contributed by atoms with Gasteiger partial charge < -0.3 is 14.9 Å². The Balaban J connectivity index is 1.25. The molecule has 1 aliphatic carbocycles. The lowest BCUT2D eigenvalue weighted by molar-refractivity contribution is -0.120. The average Bonchev–Trinajstić information content (AvgIpc) is 3.70. The molecule has 11 heteroatoms. The Labute approximate surface area is 228 Å². The number of aromatic nitrogens is 8. The number of carbonyl (C=O) groups is 1. The number of halogens is 1. The molecule has 0 aliphatic heterocycles. The van der Waals surface area contributed by atoms with Crippen molar-refractivity contribution < 1.29 is 9.18 Å². The molecule has 6 aromatic rings. The molecule has 3 N–H and O–H groups in total. The number of pyridine rings is 2. The molecular formula is C29H26FN9O. The Morgan fingerprint density at radius 1 is 1.12 bits per heavy atom. The van der Waals surface area contributed by atoms with Crippen molar-refractivity contribution in [2.45, 2.75) is 39.0 Å². The number of nitrogens with one attached hydrogen (secondary N) is 3. The third kappa shape index (κ3) is 4.29. The number of rotatable bonds is 5. The number of nitrogens with zero attached hydrogens (tertiary/aromatic N) is 6. The van der Waals surface area contributed by atoms with Crippen LogP contribution in [-0.4, -0.2) is 45.6 Å². The molecule has 10 nitrogen and oxygen atoms in total. The molecule has 0 radical (unpaired) electrons. The number of carbonyl (C=O) groups excluding carboxylic acids is 1. The third-order valence-corrected chi connectivity index (χ3v) is 7.53. The maximum Gasteiger partial charge on any atom is 0.227 e. The van der Waals surface area contributed by atoms with Crippen molar-refractivity contribution in [2.24, 2.45) is 5.92 Å². The summed E-state index contributed by atoms with van der Waals surface area (Å²) in [4.78, 5) is 33.8. The zero-order valence-electron chi connectivity index (χ0n) is 21.8. The summed E-state index contributed by atoms with van der Waals surface area (Å²) in [6.45, 7) is 1.93. The Morgan fingerprint density at radius 3 is 2.83 bits per heavy atom. The van der Waals surface area contributed by atoms with E-state index in [2.05, 4.69) is 40.4 Å². The summed E-state index contributed by atoms with van der Waals surface area (Å²) in [5, 5.41) is 11.0. The van der Waals surface area contributed by atoms with Crippen molar-refractivity contribution in [3.05, 3.63) is 66.9 Å². The van der Waals surface area contributed by atoms with Crippen molar-refractivity contribution in [1.82, 2.24) is 39.7 Å². The number of benzene rings is 1. The van der Waals surface area contributed by atoms with Crippen LogP contribution in [0.15, 0.2) is 55.4 Å². The predicted octanol–water partition coefficient (Wildman–Crippen LogP) is 5.72. The Bertz CT molecular complexity index is 1880. The zero-order valence-corrected chi connectivity index (χ0v) is 21.8. The van der Waals surface area contributed by atoms with Crippen molar-refractivity contribution in [1.29, 1.82) is 0 Å². The number of amides is 1. The van der Waals surface area contributed by atoms with Gasteiger partial charge in [0.25, 0.3) is 0 Å². The van der Waals surface area contributed by atoms with Crippen LogP contribution in [0.2, 0.25) is 0 Å². The lowest BCUT2D eigenvalue weighted by Gasteiger charge is -2.20. The molecule has 0 bridgehead atoms. The highest BCUT2D eigenvalue weighted by Gasteiger charge is 2.22. The van der Waals surface area contributed by atoms with Crippen LogP contribution in [0.3, 0.4) is 0 Å². The summed E-state index contributed by atoms with van der Waals surface area (Å²) >= 11 is 0. The Kier molecular flexibility index (Phi) is 5.84. The molecule has 0 saturated heterocycles. The fraction of sp³-hybridized carbons (Fsp3) is 0.241. The highest BCUT2D eigenvalue weighted by Crippen LogP contribution is 2.34. The van der Waals surface area contributed by atoms with Gasteiger partial charge in [0.1, 0.15) is 17.0 Å². The average molecular weight is 536 g/mol. The Hall–Kier alpha value is -4.93. The molecule has 1 aromatic carbocycles. The van der Waals surface area contributed by atoms with Crippen LogP contribution in [0.1, 0.15) is 37.8 Å². The quantitative estimate of drug-likeness (QED) is 0.259. The maximum atomic E-state index is 15.3. The molecule has 1 amide bonds. The molecule has 5 aromatic heterocycles. The second kappa shape index (κ2) is 9.67. The van der Waals surface area contributed by atoms with E-state index in [1.165, 1.54) is 12.5 Å². The molecule has 1 saturated carbocycles. The van der Waals surface area contributed by atoms with Gasteiger partial charge in [0.15, 0.2) is 11.5 Å². The lowest BCUT2D eigenvalue weighted by Crippen LogP contribution is -2.24. The van der Waals surface area contributed by atoms with Crippen LogP contribution < -0.4 is 5.32 Å². The zero-order chi connectivity index (χ0) is 27.2. The van der Waals surface area contributed by atoms with Crippen molar-refractivity contribution in [3.63, 3.8) is 0 Å². The number of fused-ring (bicyclic) bond motifs is 2. The number of aromatic amines is 2. The molecular weight excluding hydrogens is 509 g/mol. The van der Waals surface area contributed by atoms with Crippen LogP contribution in [0.4, 0.5) is 10.1 Å². The summed E-state index contributed by atoms with van der Waals surface area (Å²) in [7, 11) is 0. The van der Waals surface area contributed by atoms with Gasteiger partial charge in [0.2, 0.25) is 5.91 Å². The van der Waals surface area contributed by atoms with E-state index in [0.717, 1.165) is 42.6 Å². The summed E-state index contributed by atoms with van der Waals surface area (Å²) in [6, 6.07) is 6.78. The second-order valence-electron chi connectivity index (χ2n) is 10.3. The van der Waals surface area contributed by atoms with Gasteiger partial charge in [-0.15, -0.1) is 0 Å². The minimum Gasteiger partial charge on any atom is -0.333 e. The van der Waals surface area contributed by atoms with Crippen molar-refractivity contribution >= 4 is 33.7 Å². The molecule has 0 spiro atoms. The molecule has 200 valence electrons. The fourth-order valence-corrected chi connectivity index (χ4v) is 5.48. The first kappa shape index (κ1) is 24.1. The van der Waals surface area contributed by atoms with Crippen molar-refractivity contribution in [2.75, 3.05) is 5.32 Å². The van der Waals surface area contributed by atoms with Crippen LogP contribution in [0.25, 0.3) is 50.4 Å². The van der Waals surface area contributed by atoms with Gasteiger partial charge in [0, 0.05) is 47.1 Å². The van der Waals surface area contributed by atoms with Crippen LogP contribution in [-0.2, 0) is 4.79 Å². The predicted molar refractivity (Wildman–Crippen MR) is 149 cm³/mol. The number of aryl methyl sites for hydroxylation is 1. The SMILES string of the molecule is Cc1cn(-c2ccnc3nc(-c4n[nH]c5cc(F)c(-c6cncc(NC(=O)C7CCCCC7)c6)cc45)[nH]c23)cn1. The molecule has 5 heterocycles. The highest BCUT2D eigenvalue weighted by atomic mass is 19.1. The molecule has 0 unspecified atom stereocenters. The topological polar surface area (TPSA) is 130 Å². The number of H-pyrrole nitrogens is 2. The number of imidazole rings is 2. The smallest absolute Gasteiger partial charge is 0.227 e. The summed E-state index contributed by atoms with van der Waals surface area (Å²) < 4.78 is 17.2. The first-order valence-corrected chi connectivity index (χ1v) is 13.3. The van der Waals surface area contributed by atoms with Gasteiger partial charge in [-0.2, -0.15) is 5.10 Å². The van der Waals surface area contributed by atoms with Gasteiger partial charge in [-0.3, -0.25) is 14.9 Å². The number of hydrogen-bond acceptors (Lipinski definition) is 6. The fourth-order valence-electron chi connectivity index (χ4n) is 5.48. The summed E-state index contributed by atoms with van der Waals surface area (Å²) in [5.41, 5.74) is 5.53. The van der Waals surface area contributed by atoms with E-state index in [0.29, 0.717) is 44.9 Å². The van der Waals surface area contributed by atoms with E-state index in [1.54, 1.807) is 37.1 Å². The minimum absolute atomic E-state index is 0.00425. The number of anilines is 1. The third-order valence-electron chi connectivity index (χ3n) is 7.53. The van der Waals surface area contributed by atoms with Gasteiger partial charge >= 0.3 is 0 Å². The van der Waals surface area contributed by atoms with E-state index in [4.69, 9.17) is 0 Å².